The first-order chi connectivity index (χ1) is 10.1. The molecule has 6 heteroatoms. The van der Waals surface area contributed by atoms with E-state index in [1.165, 1.54) is 0 Å². The molecule has 1 aromatic carbocycles. The second-order valence-corrected chi connectivity index (χ2v) is 5.19. The third kappa shape index (κ3) is 6.69. The van der Waals surface area contributed by atoms with Crippen LogP contribution in [0.5, 0.6) is 5.75 Å². The minimum atomic E-state index is -0.489. The van der Waals surface area contributed by atoms with Crippen LogP contribution in [0.15, 0.2) is 18.2 Å². The molecule has 0 fully saturated rings. The molecule has 5 nitrogen and oxygen atoms in total. The maximum Gasteiger partial charge on any atom is 0.314 e. The fourth-order valence-corrected chi connectivity index (χ4v) is 2.14. The van der Waals surface area contributed by atoms with Gasteiger partial charge in [-0.1, -0.05) is 31.0 Å². The Labute approximate surface area is 130 Å². The number of hydrogen-bond acceptors (Lipinski definition) is 3. The molecule has 0 spiro atoms. The molecule has 2 amide bonds. The molecule has 0 aliphatic heterocycles. The summed E-state index contributed by atoms with van der Waals surface area (Å²) in [6, 6.07) is 5.18. The Kier molecular flexibility index (Phi) is 7.93. The van der Waals surface area contributed by atoms with Gasteiger partial charge < -0.3 is 20.5 Å². The Hall–Kier alpha value is -1.46. The Morgan fingerprint density at radius 2 is 2.19 bits per heavy atom. The Morgan fingerprint density at radius 3 is 2.81 bits per heavy atom. The van der Waals surface area contributed by atoms with Gasteiger partial charge in [-0.05, 0) is 30.5 Å². The van der Waals surface area contributed by atoms with Gasteiger partial charge in [0, 0.05) is 18.1 Å². The number of carbonyl (C=O) groups excluding carboxylic acids is 1. The number of ether oxygens (including phenoxy) is 1. The van der Waals surface area contributed by atoms with Crippen molar-refractivity contribution in [3.8, 4) is 5.75 Å². The Morgan fingerprint density at radius 1 is 1.43 bits per heavy atom. The average Bonchev–Trinajstić information content (AvgIpc) is 2.47. The number of nitrogens with one attached hydrogen (secondary N) is 2. The summed E-state index contributed by atoms with van der Waals surface area (Å²) in [5.74, 6) is 0.708. The van der Waals surface area contributed by atoms with Crippen molar-refractivity contribution in [2.45, 2.75) is 32.3 Å². The lowest BCUT2D eigenvalue weighted by Crippen LogP contribution is -2.40. The maximum absolute atomic E-state index is 11.5. The Bertz CT molecular complexity index is 455. The first-order valence-electron chi connectivity index (χ1n) is 7.09. The average molecular weight is 315 g/mol. The molecule has 1 rings (SSSR count). The minimum Gasteiger partial charge on any atom is -0.497 e. The second-order valence-electron chi connectivity index (χ2n) is 4.79. The molecule has 21 heavy (non-hydrogen) atoms. The number of methoxy groups -OCH3 is 1. The fourth-order valence-electron chi connectivity index (χ4n) is 1.88. The van der Waals surface area contributed by atoms with Gasteiger partial charge in [0.1, 0.15) is 5.75 Å². The van der Waals surface area contributed by atoms with Crippen molar-refractivity contribution in [1.82, 2.24) is 10.6 Å². The van der Waals surface area contributed by atoms with Crippen molar-refractivity contribution in [1.29, 1.82) is 0 Å². The van der Waals surface area contributed by atoms with Crippen LogP contribution in [0.3, 0.4) is 0 Å². The maximum atomic E-state index is 11.5. The van der Waals surface area contributed by atoms with Gasteiger partial charge in [0.15, 0.2) is 0 Å². The summed E-state index contributed by atoms with van der Waals surface area (Å²) in [7, 11) is 1.59. The van der Waals surface area contributed by atoms with Gasteiger partial charge in [-0.15, -0.1) is 0 Å². The summed E-state index contributed by atoms with van der Waals surface area (Å²) < 4.78 is 5.08. The van der Waals surface area contributed by atoms with Gasteiger partial charge in [0.2, 0.25) is 0 Å². The fraction of sp³-hybridized carbons (Fsp3) is 0.533. The van der Waals surface area contributed by atoms with E-state index in [1.54, 1.807) is 13.2 Å². The van der Waals surface area contributed by atoms with Gasteiger partial charge in [-0.3, -0.25) is 0 Å². The van der Waals surface area contributed by atoms with E-state index >= 15 is 0 Å². The number of aliphatic hydroxyl groups excluding tert-OH is 1. The number of halogens is 1. The number of rotatable bonds is 8. The highest BCUT2D eigenvalue weighted by Crippen LogP contribution is 2.22. The zero-order valence-corrected chi connectivity index (χ0v) is 13.2. The largest absolute Gasteiger partial charge is 0.497 e. The highest BCUT2D eigenvalue weighted by atomic mass is 35.5. The second kappa shape index (κ2) is 9.47. The van der Waals surface area contributed by atoms with Crippen LogP contribution in [0, 0.1) is 0 Å². The SMILES string of the molecule is CCCC(O)CNC(=O)NCCc1ccc(OC)cc1Cl. The lowest BCUT2D eigenvalue weighted by Gasteiger charge is -2.12. The molecule has 0 saturated carbocycles. The van der Waals surface area contributed by atoms with E-state index in [1.807, 2.05) is 19.1 Å². The minimum absolute atomic E-state index is 0.267. The number of urea groups is 1. The number of carbonyl (C=O) groups is 1. The van der Waals surface area contributed by atoms with E-state index < -0.39 is 6.10 Å². The van der Waals surface area contributed by atoms with Crippen LogP contribution in [0.25, 0.3) is 0 Å². The van der Waals surface area contributed by atoms with E-state index in [0.717, 1.165) is 12.0 Å². The molecule has 0 aliphatic carbocycles. The summed E-state index contributed by atoms with van der Waals surface area (Å²) in [6.07, 6.45) is 1.72. The van der Waals surface area contributed by atoms with E-state index in [2.05, 4.69) is 10.6 Å². The molecule has 3 N–H and O–H groups in total. The molecule has 1 unspecified atom stereocenters. The van der Waals surface area contributed by atoms with Crippen molar-refractivity contribution < 1.29 is 14.6 Å². The topological polar surface area (TPSA) is 70.6 Å². The quantitative estimate of drug-likeness (QED) is 0.690. The Balaban J connectivity index is 2.28. The van der Waals surface area contributed by atoms with Gasteiger partial charge in [-0.25, -0.2) is 4.79 Å². The molecule has 118 valence electrons. The van der Waals surface area contributed by atoms with Gasteiger partial charge >= 0.3 is 6.03 Å². The number of amides is 2. The molecular weight excluding hydrogens is 292 g/mol. The molecule has 1 aromatic rings. The van der Waals surface area contributed by atoms with Crippen LogP contribution in [-0.2, 0) is 6.42 Å². The zero-order chi connectivity index (χ0) is 15.7. The van der Waals surface area contributed by atoms with E-state index in [0.29, 0.717) is 30.2 Å². The summed E-state index contributed by atoms with van der Waals surface area (Å²) >= 11 is 6.12. The third-order valence-electron chi connectivity index (χ3n) is 3.06. The van der Waals surface area contributed by atoms with Crippen molar-refractivity contribution in [3.63, 3.8) is 0 Å². The molecule has 0 bridgehead atoms. The van der Waals surface area contributed by atoms with Crippen LogP contribution in [-0.4, -0.2) is 37.4 Å². The normalized spacial score (nSPS) is 11.8. The molecule has 0 saturated heterocycles. The molecule has 1 atom stereocenters. The number of aliphatic hydroxyl groups is 1. The monoisotopic (exact) mass is 314 g/mol. The standard InChI is InChI=1S/C15H23ClN2O3/c1-3-4-12(19)10-18-15(20)17-8-7-11-5-6-13(21-2)9-14(11)16/h5-6,9,12,19H,3-4,7-8,10H2,1-2H3,(H2,17,18,20). The lowest BCUT2D eigenvalue weighted by atomic mass is 10.1. The molecule has 0 heterocycles. The smallest absolute Gasteiger partial charge is 0.314 e. The van der Waals surface area contributed by atoms with Crippen molar-refractivity contribution >= 4 is 17.6 Å². The molecular formula is C15H23ClN2O3. The highest BCUT2D eigenvalue weighted by Gasteiger charge is 2.06. The zero-order valence-electron chi connectivity index (χ0n) is 12.5. The highest BCUT2D eigenvalue weighted by molar-refractivity contribution is 6.31. The number of hydrogen-bond donors (Lipinski definition) is 3. The van der Waals surface area contributed by atoms with Crippen molar-refractivity contribution in [2.75, 3.05) is 20.2 Å². The predicted molar refractivity (Wildman–Crippen MR) is 84.0 cm³/mol. The van der Waals surface area contributed by atoms with Crippen molar-refractivity contribution in [2.24, 2.45) is 0 Å². The summed E-state index contributed by atoms with van der Waals surface area (Å²) in [5, 5.41) is 15.5. The van der Waals surface area contributed by atoms with Crippen LogP contribution in [0.2, 0.25) is 5.02 Å². The van der Waals surface area contributed by atoms with Gasteiger partial charge in [-0.2, -0.15) is 0 Å². The third-order valence-corrected chi connectivity index (χ3v) is 3.41. The van der Waals surface area contributed by atoms with E-state index in [4.69, 9.17) is 16.3 Å². The lowest BCUT2D eigenvalue weighted by molar-refractivity contribution is 0.160. The van der Waals surface area contributed by atoms with Crippen LogP contribution >= 0.6 is 11.6 Å². The van der Waals surface area contributed by atoms with E-state index in [-0.39, 0.29) is 12.6 Å². The van der Waals surface area contributed by atoms with Crippen LogP contribution in [0.4, 0.5) is 4.79 Å². The predicted octanol–water partition coefficient (Wildman–Crippen LogP) is 2.35. The molecule has 0 radical (unpaired) electrons. The van der Waals surface area contributed by atoms with Gasteiger partial charge in [0.25, 0.3) is 0 Å². The molecule has 0 aromatic heterocycles. The first kappa shape index (κ1) is 17.6. The van der Waals surface area contributed by atoms with Gasteiger partial charge in [0.05, 0.1) is 13.2 Å². The summed E-state index contributed by atoms with van der Waals surface area (Å²) in [6.45, 7) is 2.73. The van der Waals surface area contributed by atoms with Crippen molar-refractivity contribution in [3.05, 3.63) is 28.8 Å². The summed E-state index contributed by atoms with van der Waals surface area (Å²) in [5.41, 5.74) is 0.948. The van der Waals surface area contributed by atoms with E-state index in [9.17, 15) is 9.90 Å². The number of benzene rings is 1. The first-order valence-corrected chi connectivity index (χ1v) is 7.46. The van der Waals surface area contributed by atoms with Crippen LogP contribution < -0.4 is 15.4 Å². The van der Waals surface area contributed by atoms with Crippen LogP contribution in [0.1, 0.15) is 25.3 Å². The molecule has 0 aliphatic rings. The summed E-state index contributed by atoms with van der Waals surface area (Å²) in [4.78, 5) is 11.5.